The molecule has 25 heavy (non-hydrogen) atoms. The monoisotopic (exact) mass is 356 g/mol. The molecule has 0 atom stereocenters. The summed E-state index contributed by atoms with van der Waals surface area (Å²) in [7, 11) is 0. The highest BCUT2D eigenvalue weighted by molar-refractivity contribution is 6.32. The van der Waals surface area contributed by atoms with E-state index in [1.807, 2.05) is 18.2 Å². The van der Waals surface area contributed by atoms with Crippen molar-refractivity contribution in [1.29, 1.82) is 0 Å². The van der Waals surface area contributed by atoms with Crippen LogP contribution in [0.15, 0.2) is 42.9 Å². The number of nitrogen functional groups attached to an aromatic ring is 1. The second-order valence-corrected chi connectivity index (χ2v) is 5.50. The van der Waals surface area contributed by atoms with Crippen LogP contribution < -0.4 is 25.8 Å². The van der Waals surface area contributed by atoms with Crippen molar-refractivity contribution in [1.82, 2.24) is 15.0 Å². The molecular weight excluding hydrogens is 344 g/mol. The first-order chi connectivity index (χ1) is 12.2. The molecule has 3 aromatic rings. The van der Waals surface area contributed by atoms with Crippen LogP contribution in [0.4, 0.5) is 28.7 Å². The van der Waals surface area contributed by atoms with Gasteiger partial charge in [-0.15, -0.1) is 0 Å². The number of rotatable bonds is 4. The van der Waals surface area contributed by atoms with Crippen LogP contribution in [0.25, 0.3) is 0 Å². The van der Waals surface area contributed by atoms with Gasteiger partial charge in [0.05, 0.1) is 5.69 Å². The van der Waals surface area contributed by atoms with Crippen molar-refractivity contribution in [2.75, 3.05) is 23.2 Å². The first-order valence-corrected chi connectivity index (χ1v) is 7.73. The van der Waals surface area contributed by atoms with Gasteiger partial charge in [0.15, 0.2) is 28.3 Å². The number of aromatic nitrogens is 3. The topological polar surface area (TPSA) is 107 Å². The molecule has 1 aliphatic heterocycles. The first kappa shape index (κ1) is 15.3. The van der Waals surface area contributed by atoms with Crippen LogP contribution in [0, 0.1) is 0 Å². The summed E-state index contributed by atoms with van der Waals surface area (Å²) in [6, 6.07) is 9.02. The lowest BCUT2D eigenvalue weighted by atomic mass is 10.2. The predicted molar refractivity (Wildman–Crippen MR) is 94.8 cm³/mol. The molecule has 4 N–H and O–H groups in total. The highest BCUT2D eigenvalue weighted by Gasteiger charge is 2.15. The molecule has 1 aromatic carbocycles. The lowest BCUT2D eigenvalue weighted by molar-refractivity contribution is 0.174. The van der Waals surface area contributed by atoms with Gasteiger partial charge in [0.2, 0.25) is 6.79 Å². The number of anilines is 5. The van der Waals surface area contributed by atoms with Crippen LogP contribution in [-0.4, -0.2) is 21.7 Å². The number of fused-ring (bicyclic) bond motifs is 1. The fraction of sp³-hybridized carbons (Fsp3) is 0.0625. The van der Waals surface area contributed by atoms with E-state index < -0.39 is 0 Å². The molecule has 9 heteroatoms. The van der Waals surface area contributed by atoms with Crippen molar-refractivity contribution in [3.63, 3.8) is 0 Å². The van der Waals surface area contributed by atoms with Crippen molar-refractivity contribution >= 4 is 40.3 Å². The quantitative estimate of drug-likeness (QED) is 0.611. The maximum Gasteiger partial charge on any atom is 0.231 e. The van der Waals surface area contributed by atoms with E-state index in [9.17, 15) is 0 Å². The maximum absolute atomic E-state index is 6.17. The smallest absolute Gasteiger partial charge is 0.231 e. The summed E-state index contributed by atoms with van der Waals surface area (Å²) in [5, 5.41) is 6.52. The Kier molecular flexibility index (Phi) is 3.87. The summed E-state index contributed by atoms with van der Waals surface area (Å²) in [6.45, 7) is 0.217. The van der Waals surface area contributed by atoms with E-state index in [0.29, 0.717) is 39.7 Å². The molecule has 0 radical (unpaired) electrons. The van der Waals surface area contributed by atoms with Crippen LogP contribution in [-0.2, 0) is 0 Å². The fourth-order valence-electron chi connectivity index (χ4n) is 2.31. The number of nitrogens with two attached hydrogens (primary N) is 1. The third-order valence-corrected chi connectivity index (χ3v) is 3.83. The van der Waals surface area contributed by atoms with Gasteiger partial charge in [0.1, 0.15) is 12.0 Å². The fourth-order valence-corrected chi connectivity index (χ4v) is 2.48. The van der Waals surface area contributed by atoms with E-state index in [-0.39, 0.29) is 6.79 Å². The third-order valence-electron chi connectivity index (χ3n) is 3.53. The van der Waals surface area contributed by atoms with E-state index in [1.165, 1.54) is 6.33 Å². The van der Waals surface area contributed by atoms with Crippen molar-refractivity contribution < 1.29 is 9.47 Å². The lowest BCUT2D eigenvalue weighted by Crippen LogP contribution is -2.05. The average Bonchev–Trinajstić information content (AvgIpc) is 3.08. The Labute approximate surface area is 148 Å². The molecule has 4 rings (SSSR count). The number of hydrogen-bond donors (Lipinski definition) is 3. The molecule has 0 fully saturated rings. The number of hydrogen-bond acceptors (Lipinski definition) is 8. The molecule has 0 amide bonds. The van der Waals surface area contributed by atoms with Gasteiger partial charge >= 0.3 is 0 Å². The molecule has 0 bridgehead atoms. The average molecular weight is 357 g/mol. The second kappa shape index (κ2) is 6.33. The Balaban J connectivity index is 1.60. The summed E-state index contributed by atoms with van der Waals surface area (Å²) >= 11 is 6.05. The highest BCUT2D eigenvalue weighted by atomic mass is 35.5. The van der Waals surface area contributed by atoms with E-state index >= 15 is 0 Å². The molecule has 0 saturated carbocycles. The van der Waals surface area contributed by atoms with Gasteiger partial charge in [-0.25, -0.2) is 15.0 Å². The Morgan fingerprint density at radius 3 is 2.64 bits per heavy atom. The van der Waals surface area contributed by atoms with Gasteiger partial charge < -0.3 is 25.8 Å². The van der Waals surface area contributed by atoms with Gasteiger partial charge in [-0.3, -0.25) is 0 Å². The Morgan fingerprint density at radius 2 is 1.80 bits per heavy atom. The van der Waals surface area contributed by atoms with Crippen LogP contribution in [0.5, 0.6) is 11.5 Å². The van der Waals surface area contributed by atoms with Gasteiger partial charge in [0, 0.05) is 18.0 Å². The molecule has 2 aromatic heterocycles. The number of nitrogens with one attached hydrogen (secondary N) is 2. The van der Waals surface area contributed by atoms with E-state index in [1.54, 1.807) is 18.3 Å². The largest absolute Gasteiger partial charge is 0.454 e. The van der Waals surface area contributed by atoms with Crippen LogP contribution >= 0.6 is 11.6 Å². The zero-order chi connectivity index (χ0) is 17.2. The van der Waals surface area contributed by atoms with Crippen molar-refractivity contribution in [2.24, 2.45) is 0 Å². The molecule has 0 spiro atoms. The lowest BCUT2D eigenvalue weighted by Gasteiger charge is -2.13. The summed E-state index contributed by atoms with van der Waals surface area (Å²) < 4.78 is 10.7. The standard InChI is InChI=1S/C16H13ClN6O2/c17-14-10(2-1-5-19-14)23-16-13(18)15(20-7-21-16)22-9-3-4-11-12(6-9)25-8-24-11/h1-7H,8,18H2,(H2,20,21,22,23). The first-order valence-electron chi connectivity index (χ1n) is 7.35. The number of benzene rings is 1. The third kappa shape index (κ3) is 3.07. The van der Waals surface area contributed by atoms with E-state index in [2.05, 4.69) is 25.6 Å². The number of ether oxygens (including phenoxy) is 2. The van der Waals surface area contributed by atoms with E-state index in [0.717, 1.165) is 5.69 Å². The van der Waals surface area contributed by atoms with Crippen LogP contribution in [0.2, 0.25) is 5.15 Å². The zero-order valence-corrected chi connectivity index (χ0v) is 13.6. The molecule has 1 aliphatic rings. The van der Waals surface area contributed by atoms with Crippen molar-refractivity contribution in [2.45, 2.75) is 0 Å². The summed E-state index contributed by atoms with van der Waals surface area (Å²) in [6.07, 6.45) is 3.00. The molecule has 126 valence electrons. The Morgan fingerprint density at radius 1 is 1.00 bits per heavy atom. The molecule has 8 nitrogen and oxygen atoms in total. The number of pyridine rings is 1. The Hall–Kier alpha value is -3.26. The summed E-state index contributed by atoms with van der Waals surface area (Å²) in [5.41, 5.74) is 7.88. The molecule has 0 aliphatic carbocycles. The van der Waals surface area contributed by atoms with Crippen molar-refractivity contribution in [3.05, 3.63) is 48.0 Å². The minimum atomic E-state index is 0.217. The van der Waals surface area contributed by atoms with E-state index in [4.69, 9.17) is 26.8 Å². The minimum absolute atomic E-state index is 0.217. The molecule has 3 heterocycles. The number of halogens is 1. The van der Waals surface area contributed by atoms with Gasteiger partial charge in [-0.2, -0.15) is 0 Å². The normalized spacial score (nSPS) is 12.0. The Bertz CT molecular complexity index is 936. The highest BCUT2D eigenvalue weighted by Crippen LogP contribution is 2.36. The van der Waals surface area contributed by atoms with Gasteiger partial charge in [-0.1, -0.05) is 11.6 Å². The second-order valence-electron chi connectivity index (χ2n) is 5.14. The zero-order valence-electron chi connectivity index (χ0n) is 12.9. The minimum Gasteiger partial charge on any atom is -0.454 e. The van der Waals surface area contributed by atoms with Crippen LogP contribution in [0.3, 0.4) is 0 Å². The van der Waals surface area contributed by atoms with Gasteiger partial charge in [-0.05, 0) is 24.3 Å². The molecule has 0 saturated heterocycles. The SMILES string of the molecule is Nc1c(Nc2ccc3c(c2)OCO3)ncnc1Nc1cccnc1Cl. The molecular formula is C16H13ClN6O2. The summed E-state index contributed by atoms with van der Waals surface area (Å²) in [5.74, 6) is 2.25. The predicted octanol–water partition coefficient (Wildman–Crippen LogP) is 3.32. The maximum atomic E-state index is 6.17. The van der Waals surface area contributed by atoms with Crippen molar-refractivity contribution in [3.8, 4) is 11.5 Å². The van der Waals surface area contributed by atoms with Gasteiger partial charge in [0.25, 0.3) is 0 Å². The van der Waals surface area contributed by atoms with Crippen LogP contribution in [0.1, 0.15) is 0 Å². The summed E-state index contributed by atoms with van der Waals surface area (Å²) in [4.78, 5) is 12.3. The molecule has 0 unspecified atom stereocenters. The number of nitrogens with zero attached hydrogens (tertiary/aromatic N) is 3.